The molecule has 0 amide bonds. The summed E-state index contributed by atoms with van der Waals surface area (Å²) in [6.45, 7) is 6.11. The number of carbonyl (C=O) groups is 2. The Morgan fingerprint density at radius 3 is 1.25 bits per heavy atom. The predicted octanol–water partition coefficient (Wildman–Crippen LogP) is 11.3. The average molecular weight is 763 g/mol. The fourth-order valence-corrected chi connectivity index (χ4v) is 7.21. The lowest BCUT2D eigenvalue weighted by molar-refractivity contribution is -0.873. The Bertz CT molecular complexity index is 875. The molecule has 0 rings (SSSR count). The molecular weight excluding hydrogens is 677 g/mol. The summed E-state index contributed by atoms with van der Waals surface area (Å²) >= 11 is 0. The predicted molar refractivity (Wildman–Crippen MR) is 216 cm³/mol. The van der Waals surface area contributed by atoms with Crippen LogP contribution in [0.25, 0.3) is 0 Å². The third-order valence-electron chi connectivity index (χ3n) is 9.40. The Balaban J connectivity index is 4.52. The van der Waals surface area contributed by atoms with Gasteiger partial charge < -0.3 is 23.6 Å². The number of hydrogen-bond acceptors (Lipinski definition) is 7. The number of hydrogen-bond donors (Lipinski definition) is 1. The number of nitrogens with zero attached hydrogens (tertiary/aromatic N) is 1. The normalized spacial score (nSPS) is 14.2. The van der Waals surface area contributed by atoms with Gasteiger partial charge >= 0.3 is 19.5 Å². The first-order valence-corrected chi connectivity index (χ1v) is 23.6. The van der Waals surface area contributed by atoms with E-state index >= 15 is 0 Å². The molecule has 0 aliphatic carbocycles. The van der Waals surface area contributed by atoms with Gasteiger partial charge in [0.1, 0.15) is 19.3 Å². The minimum atomic E-state index is -3.73. The fraction of sp³-hybridized carbons (Fsp3) is 0.952. The van der Waals surface area contributed by atoms with Crippen LogP contribution in [0.15, 0.2) is 0 Å². The fourth-order valence-electron chi connectivity index (χ4n) is 6.53. The molecule has 1 N–H and O–H groups in total. The zero-order chi connectivity index (χ0) is 38.8. The molecule has 0 aromatic carbocycles. The number of unbranched alkanes of at least 4 members (excludes halogenated alkanes) is 24. The Morgan fingerprint density at radius 2 is 0.885 bits per heavy atom. The van der Waals surface area contributed by atoms with E-state index in [1.165, 1.54) is 128 Å². The van der Waals surface area contributed by atoms with Crippen molar-refractivity contribution in [1.82, 2.24) is 0 Å². The van der Waals surface area contributed by atoms with Gasteiger partial charge in [0.15, 0.2) is 6.10 Å². The number of carbonyl (C=O) groups excluding carboxylic acids is 2. The molecule has 310 valence electrons. The first kappa shape index (κ1) is 51.0. The van der Waals surface area contributed by atoms with E-state index in [4.69, 9.17) is 18.7 Å². The molecule has 9 nitrogen and oxygen atoms in total. The highest BCUT2D eigenvalue weighted by atomic mass is 31.2. The summed E-state index contributed by atoms with van der Waals surface area (Å²) < 4.78 is 35.0. The number of quaternary nitrogens is 1. The highest BCUT2D eigenvalue weighted by Gasteiger charge is 2.26. The molecule has 0 bridgehead atoms. The molecule has 0 spiro atoms. The van der Waals surface area contributed by atoms with E-state index in [9.17, 15) is 19.0 Å². The van der Waals surface area contributed by atoms with Gasteiger partial charge in [-0.1, -0.05) is 168 Å². The first-order chi connectivity index (χ1) is 24.9. The van der Waals surface area contributed by atoms with Crippen LogP contribution in [0.2, 0.25) is 0 Å². The SMILES string of the molecule is CCCCCCCCCCCCCCCC(=O)OCC(COCC(C[N+](C)(C)C)OP(C)(=O)O)OC(=O)CCCCCCCCCCCCCCC. The van der Waals surface area contributed by atoms with Crippen LogP contribution in [0.4, 0.5) is 0 Å². The van der Waals surface area contributed by atoms with Gasteiger partial charge in [-0.25, -0.2) is 0 Å². The van der Waals surface area contributed by atoms with Crippen LogP contribution in [-0.4, -0.2) is 87.7 Å². The second-order valence-electron chi connectivity index (χ2n) is 16.3. The van der Waals surface area contributed by atoms with Crippen molar-refractivity contribution in [3.8, 4) is 0 Å². The zero-order valence-corrected chi connectivity index (χ0v) is 35.9. The average Bonchev–Trinajstić information content (AvgIpc) is 3.06. The van der Waals surface area contributed by atoms with Gasteiger partial charge in [0, 0.05) is 19.5 Å². The van der Waals surface area contributed by atoms with Gasteiger partial charge in [0.25, 0.3) is 0 Å². The van der Waals surface area contributed by atoms with Gasteiger partial charge in [-0.3, -0.25) is 18.7 Å². The lowest BCUT2D eigenvalue weighted by Gasteiger charge is -2.29. The molecule has 10 heteroatoms. The van der Waals surface area contributed by atoms with E-state index in [0.29, 0.717) is 23.9 Å². The van der Waals surface area contributed by atoms with E-state index in [1.807, 2.05) is 21.1 Å². The molecule has 0 fully saturated rings. The zero-order valence-electron chi connectivity index (χ0n) is 35.0. The third kappa shape index (κ3) is 38.7. The molecule has 52 heavy (non-hydrogen) atoms. The van der Waals surface area contributed by atoms with E-state index in [-0.39, 0.29) is 31.8 Å². The largest absolute Gasteiger partial charge is 0.462 e. The molecule has 3 unspecified atom stereocenters. The van der Waals surface area contributed by atoms with Crippen molar-refractivity contribution in [1.29, 1.82) is 0 Å². The maximum atomic E-state index is 12.8. The lowest BCUT2D eigenvalue weighted by Crippen LogP contribution is -2.44. The maximum Gasteiger partial charge on any atom is 0.325 e. The van der Waals surface area contributed by atoms with Crippen molar-refractivity contribution in [2.24, 2.45) is 0 Å². The Labute approximate surface area is 321 Å². The molecule has 0 aliphatic heterocycles. The Morgan fingerprint density at radius 1 is 0.538 bits per heavy atom. The van der Waals surface area contributed by atoms with E-state index in [2.05, 4.69) is 13.8 Å². The number of ether oxygens (including phenoxy) is 3. The second kappa shape index (κ2) is 34.5. The maximum absolute atomic E-state index is 12.8. The van der Waals surface area contributed by atoms with Crippen LogP contribution in [0, 0.1) is 0 Å². The van der Waals surface area contributed by atoms with Crippen LogP contribution in [0.1, 0.15) is 194 Å². The molecule has 0 radical (unpaired) electrons. The number of likely N-dealkylation sites (N-methyl/N-ethyl adjacent to an activating group) is 1. The summed E-state index contributed by atoms with van der Waals surface area (Å²) in [6, 6.07) is 0. The molecule has 0 heterocycles. The summed E-state index contributed by atoms with van der Waals surface area (Å²) in [5, 5.41) is 0. The van der Waals surface area contributed by atoms with E-state index in [1.54, 1.807) is 0 Å². The lowest BCUT2D eigenvalue weighted by atomic mass is 10.0. The molecule has 0 aliphatic rings. The van der Waals surface area contributed by atoms with Crippen molar-refractivity contribution >= 4 is 19.5 Å². The summed E-state index contributed by atoms with van der Waals surface area (Å²) in [5.41, 5.74) is 0. The highest BCUT2D eigenvalue weighted by Crippen LogP contribution is 2.38. The smallest absolute Gasteiger partial charge is 0.325 e. The van der Waals surface area contributed by atoms with Crippen molar-refractivity contribution in [2.45, 2.75) is 206 Å². The topological polar surface area (TPSA) is 108 Å². The van der Waals surface area contributed by atoms with E-state index < -0.39 is 19.8 Å². The number of rotatable bonds is 39. The van der Waals surface area contributed by atoms with Crippen LogP contribution < -0.4 is 0 Å². The summed E-state index contributed by atoms with van der Waals surface area (Å²) in [5.74, 6) is -0.615. The van der Waals surface area contributed by atoms with E-state index in [0.717, 1.165) is 45.2 Å². The van der Waals surface area contributed by atoms with Crippen LogP contribution in [0.5, 0.6) is 0 Å². The van der Waals surface area contributed by atoms with Crippen molar-refractivity contribution in [3.05, 3.63) is 0 Å². The second-order valence-corrected chi connectivity index (χ2v) is 18.1. The highest BCUT2D eigenvalue weighted by molar-refractivity contribution is 7.51. The van der Waals surface area contributed by atoms with Crippen LogP contribution in [-0.2, 0) is 32.9 Å². The summed E-state index contributed by atoms with van der Waals surface area (Å²) in [4.78, 5) is 35.1. The van der Waals surface area contributed by atoms with Crippen molar-refractivity contribution < 1.29 is 42.3 Å². The van der Waals surface area contributed by atoms with Gasteiger partial charge in [-0.15, -0.1) is 0 Å². The summed E-state index contributed by atoms with van der Waals surface area (Å²) in [6.07, 6.45) is 31.5. The number of esters is 2. The molecule has 0 aromatic heterocycles. The quantitative estimate of drug-likeness (QED) is 0.0285. The molecule has 3 atom stereocenters. The van der Waals surface area contributed by atoms with Gasteiger partial charge in [-0.2, -0.15) is 0 Å². The van der Waals surface area contributed by atoms with Crippen LogP contribution >= 0.6 is 7.60 Å². The molecule has 0 saturated carbocycles. The van der Waals surface area contributed by atoms with Gasteiger partial charge in [-0.05, 0) is 12.8 Å². The standard InChI is InChI=1S/C42H84NO8P/c1-7-9-11-13-15-17-19-21-23-25-27-29-31-33-41(44)49-38-40(37-48-36-39(35-43(3,4)5)51-52(6,46)47)50-42(45)34-32-30-28-26-24-22-20-18-16-14-12-10-8-2/h39-40H,7-38H2,1-6H3/p+1. The Hall–Kier alpha value is -0.990. The van der Waals surface area contributed by atoms with Gasteiger partial charge in [0.2, 0.25) is 0 Å². The minimum absolute atomic E-state index is 0.00676. The van der Waals surface area contributed by atoms with Crippen molar-refractivity contribution in [2.75, 3.05) is 54.2 Å². The first-order valence-electron chi connectivity index (χ1n) is 21.6. The summed E-state index contributed by atoms with van der Waals surface area (Å²) in [7, 11) is 2.16. The van der Waals surface area contributed by atoms with Gasteiger partial charge in [0.05, 0.1) is 34.4 Å². The molecule has 0 saturated heterocycles. The minimum Gasteiger partial charge on any atom is -0.462 e. The molecule has 0 aromatic rings. The van der Waals surface area contributed by atoms with Crippen molar-refractivity contribution in [3.63, 3.8) is 0 Å². The third-order valence-corrected chi connectivity index (χ3v) is 10.1. The van der Waals surface area contributed by atoms with Crippen LogP contribution in [0.3, 0.4) is 0 Å². The monoisotopic (exact) mass is 763 g/mol. The Kier molecular flexibility index (Phi) is 33.8. The molecular formula is C42H85NO8P+.